The molecule has 0 aromatic heterocycles. The van der Waals surface area contributed by atoms with Crippen molar-refractivity contribution in [2.45, 2.75) is 33.2 Å². The largest absolute Gasteiger partial charge is 0.396 e. The van der Waals surface area contributed by atoms with Gasteiger partial charge in [-0.25, -0.2) is 0 Å². The van der Waals surface area contributed by atoms with Crippen LogP contribution in [-0.4, -0.2) is 22.7 Å². The van der Waals surface area contributed by atoms with Crippen LogP contribution in [0.3, 0.4) is 0 Å². The molecule has 1 aromatic carbocycles. The van der Waals surface area contributed by atoms with E-state index in [2.05, 4.69) is 5.32 Å². The second kappa shape index (κ2) is 6.35. The predicted molar refractivity (Wildman–Crippen MR) is 71.8 cm³/mol. The fraction of sp³-hybridized carbons (Fsp3) is 0.538. The Balaban J connectivity index is 3.02. The Morgan fingerprint density at radius 3 is 2.61 bits per heavy atom. The highest BCUT2D eigenvalue weighted by Crippen LogP contribution is 2.29. The van der Waals surface area contributed by atoms with E-state index in [-0.39, 0.29) is 29.2 Å². The Hall–Kier alpha value is -1.62. The van der Waals surface area contributed by atoms with Crippen LogP contribution >= 0.6 is 0 Å². The summed E-state index contributed by atoms with van der Waals surface area (Å²) in [6.07, 6.45) is 0.572. The SMILES string of the molecule is Cc1cccc(NC(CCO)C(C)C)c1[N+](=O)[O-]. The number of rotatable bonds is 6. The minimum Gasteiger partial charge on any atom is -0.396 e. The lowest BCUT2D eigenvalue weighted by atomic mass is 10.0. The molecule has 2 N–H and O–H groups in total. The molecule has 0 saturated heterocycles. The number of nitro benzene ring substituents is 1. The molecule has 0 aliphatic heterocycles. The molecule has 0 bridgehead atoms. The van der Waals surface area contributed by atoms with E-state index in [0.29, 0.717) is 17.7 Å². The van der Waals surface area contributed by atoms with Gasteiger partial charge in [-0.15, -0.1) is 0 Å². The first kappa shape index (κ1) is 14.4. The Kier molecular flexibility index (Phi) is 5.09. The molecule has 0 fully saturated rings. The molecule has 100 valence electrons. The maximum atomic E-state index is 11.1. The van der Waals surface area contributed by atoms with E-state index in [0.717, 1.165) is 0 Å². The van der Waals surface area contributed by atoms with Crippen molar-refractivity contribution in [2.75, 3.05) is 11.9 Å². The van der Waals surface area contributed by atoms with E-state index in [4.69, 9.17) is 5.11 Å². The summed E-state index contributed by atoms with van der Waals surface area (Å²) in [6, 6.07) is 5.24. The summed E-state index contributed by atoms with van der Waals surface area (Å²) in [5.41, 5.74) is 1.27. The summed E-state index contributed by atoms with van der Waals surface area (Å²) in [5.74, 6) is 0.289. The molecule has 1 atom stereocenters. The highest BCUT2D eigenvalue weighted by atomic mass is 16.6. The van der Waals surface area contributed by atoms with E-state index >= 15 is 0 Å². The second-order valence-electron chi connectivity index (χ2n) is 4.74. The molecule has 0 aliphatic rings. The first-order valence-corrected chi connectivity index (χ1v) is 6.08. The molecule has 0 aliphatic carbocycles. The molecule has 1 unspecified atom stereocenters. The van der Waals surface area contributed by atoms with Gasteiger partial charge < -0.3 is 10.4 Å². The van der Waals surface area contributed by atoms with Crippen LogP contribution in [0.25, 0.3) is 0 Å². The van der Waals surface area contributed by atoms with Gasteiger partial charge >= 0.3 is 0 Å². The molecule has 0 spiro atoms. The lowest BCUT2D eigenvalue weighted by Gasteiger charge is -2.22. The van der Waals surface area contributed by atoms with Crippen LogP contribution in [-0.2, 0) is 0 Å². The Morgan fingerprint density at radius 2 is 2.11 bits per heavy atom. The Morgan fingerprint density at radius 1 is 1.44 bits per heavy atom. The molecule has 5 nitrogen and oxygen atoms in total. The summed E-state index contributed by atoms with van der Waals surface area (Å²) in [4.78, 5) is 10.7. The van der Waals surface area contributed by atoms with Crippen molar-refractivity contribution in [3.05, 3.63) is 33.9 Å². The van der Waals surface area contributed by atoms with Crippen molar-refractivity contribution >= 4 is 11.4 Å². The Bertz CT molecular complexity index is 419. The van der Waals surface area contributed by atoms with Crippen molar-refractivity contribution in [3.63, 3.8) is 0 Å². The summed E-state index contributed by atoms with van der Waals surface area (Å²) in [7, 11) is 0. The average molecular weight is 252 g/mol. The predicted octanol–water partition coefficient (Wildman–Crippen LogP) is 2.72. The molecule has 0 saturated carbocycles. The number of nitrogens with one attached hydrogen (secondary N) is 1. The standard InChI is InChI=1S/C13H20N2O3/c1-9(2)11(7-8-16)14-12-6-4-5-10(3)13(12)15(17)18/h4-6,9,11,14,16H,7-8H2,1-3H3. The van der Waals surface area contributed by atoms with Gasteiger partial charge in [-0.1, -0.05) is 26.0 Å². The highest BCUT2D eigenvalue weighted by Gasteiger charge is 2.20. The number of para-hydroxylation sites is 1. The average Bonchev–Trinajstić information content (AvgIpc) is 2.27. The zero-order valence-electron chi connectivity index (χ0n) is 11.0. The number of nitro groups is 1. The zero-order valence-corrected chi connectivity index (χ0v) is 11.0. The molecular weight excluding hydrogens is 232 g/mol. The molecule has 1 rings (SSSR count). The smallest absolute Gasteiger partial charge is 0.295 e. The normalized spacial score (nSPS) is 12.5. The fourth-order valence-electron chi connectivity index (χ4n) is 1.93. The van der Waals surface area contributed by atoms with E-state index in [1.54, 1.807) is 25.1 Å². The molecular formula is C13H20N2O3. The van der Waals surface area contributed by atoms with Crippen LogP contribution in [0, 0.1) is 23.0 Å². The molecule has 18 heavy (non-hydrogen) atoms. The zero-order chi connectivity index (χ0) is 13.7. The van der Waals surface area contributed by atoms with Crippen molar-refractivity contribution in [1.82, 2.24) is 0 Å². The molecule has 1 aromatic rings. The third-order valence-corrected chi connectivity index (χ3v) is 3.01. The topological polar surface area (TPSA) is 75.4 Å². The van der Waals surface area contributed by atoms with Crippen molar-refractivity contribution < 1.29 is 10.0 Å². The van der Waals surface area contributed by atoms with Crippen LogP contribution in [0.4, 0.5) is 11.4 Å². The summed E-state index contributed by atoms with van der Waals surface area (Å²) >= 11 is 0. The first-order valence-electron chi connectivity index (χ1n) is 6.08. The minimum absolute atomic E-state index is 0.0236. The summed E-state index contributed by atoms with van der Waals surface area (Å²) in [6.45, 7) is 5.83. The number of hydrogen-bond acceptors (Lipinski definition) is 4. The number of aliphatic hydroxyl groups excluding tert-OH is 1. The van der Waals surface area contributed by atoms with Gasteiger partial charge in [-0.2, -0.15) is 0 Å². The quantitative estimate of drug-likeness (QED) is 0.603. The maximum absolute atomic E-state index is 11.1. The minimum atomic E-state index is -0.367. The van der Waals surface area contributed by atoms with Crippen LogP contribution < -0.4 is 5.32 Å². The molecule has 0 amide bonds. The van der Waals surface area contributed by atoms with E-state index in [9.17, 15) is 10.1 Å². The van der Waals surface area contributed by atoms with Gasteiger partial charge in [0, 0.05) is 18.2 Å². The van der Waals surface area contributed by atoms with Gasteiger partial charge in [0.15, 0.2) is 0 Å². The number of anilines is 1. The van der Waals surface area contributed by atoms with Gasteiger partial charge in [0.1, 0.15) is 5.69 Å². The van der Waals surface area contributed by atoms with Crippen molar-refractivity contribution in [1.29, 1.82) is 0 Å². The van der Waals surface area contributed by atoms with Crippen LogP contribution in [0.2, 0.25) is 0 Å². The van der Waals surface area contributed by atoms with Crippen LogP contribution in [0.5, 0.6) is 0 Å². The fourth-order valence-corrected chi connectivity index (χ4v) is 1.93. The van der Waals surface area contributed by atoms with Crippen LogP contribution in [0.1, 0.15) is 25.8 Å². The molecule has 5 heteroatoms. The number of nitrogens with zero attached hydrogens (tertiary/aromatic N) is 1. The van der Waals surface area contributed by atoms with Crippen molar-refractivity contribution in [2.24, 2.45) is 5.92 Å². The molecule has 0 heterocycles. The number of hydrogen-bond donors (Lipinski definition) is 2. The number of aryl methyl sites for hydroxylation is 1. The van der Waals surface area contributed by atoms with Gasteiger partial charge in [-0.05, 0) is 25.3 Å². The number of aliphatic hydroxyl groups is 1. The van der Waals surface area contributed by atoms with Gasteiger partial charge in [0.05, 0.1) is 4.92 Å². The van der Waals surface area contributed by atoms with Crippen LogP contribution in [0.15, 0.2) is 18.2 Å². The van der Waals surface area contributed by atoms with E-state index < -0.39 is 0 Å². The summed E-state index contributed by atoms with van der Waals surface area (Å²) in [5, 5.41) is 23.3. The van der Waals surface area contributed by atoms with E-state index in [1.165, 1.54) is 0 Å². The van der Waals surface area contributed by atoms with Gasteiger partial charge in [0.25, 0.3) is 5.69 Å². The number of benzene rings is 1. The van der Waals surface area contributed by atoms with E-state index in [1.807, 2.05) is 13.8 Å². The monoisotopic (exact) mass is 252 g/mol. The Labute approximate surface area is 107 Å². The lowest BCUT2D eigenvalue weighted by Crippen LogP contribution is -2.27. The summed E-state index contributed by atoms with van der Waals surface area (Å²) < 4.78 is 0. The second-order valence-corrected chi connectivity index (χ2v) is 4.74. The third-order valence-electron chi connectivity index (χ3n) is 3.01. The lowest BCUT2D eigenvalue weighted by molar-refractivity contribution is -0.384. The van der Waals surface area contributed by atoms with Gasteiger partial charge in [0.2, 0.25) is 0 Å². The third kappa shape index (κ3) is 3.43. The van der Waals surface area contributed by atoms with Gasteiger partial charge in [-0.3, -0.25) is 10.1 Å². The van der Waals surface area contributed by atoms with Crippen molar-refractivity contribution in [3.8, 4) is 0 Å². The maximum Gasteiger partial charge on any atom is 0.295 e. The first-order chi connectivity index (χ1) is 8.47. The molecule has 0 radical (unpaired) electrons. The highest BCUT2D eigenvalue weighted by molar-refractivity contribution is 5.65.